The lowest BCUT2D eigenvalue weighted by Crippen LogP contribution is -2.48. The molecule has 0 aromatic rings. The summed E-state index contributed by atoms with van der Waals surface area (Å²) >= 11 is 0. The predicted octanol–water partition coefficient (Wildman–Crippen LogP) is 2.58. The number of nitrogens with one attached hydrogen (secondary N) is 1. The van der Waals surface area contributed by atoms with Gasteiger partial charge in [-0.15, -0.1) is 0 Å². The molecule has 3 aliphatic rings. The molecule has 2 amide bonds. The molecule has 1 heterocycles. The van der Waals surface area contributed by atoms with Gasteiger partial charge in [0.25, 0.3) is 0 Å². The minimum Gasteiger partial charge on any atom is -0.353 e. The van der Waals surface area contributed by atoms with Gasteiger partial charge in [-0.2, -0.15) is 0 Å². The molecular formula is C18H30N2O2. The van der Waals surface area contributed by atoms with Gasteiger partial charge in [0.2, 0.25) is 11.8 Å². The number of likely N-dealkylation sites (tertiary alicyclic amines) is 1. The largest absolute Gasteiger partial charge is 0.353 e. The smallest absolute Gasteiger partial charge is 0.225 e. The molecule has 1 saturated heterocycles. The molecule has 2 aliphatic carbocycles. The molecule has 0 bridgehead atoms. The molecule has 2 saturated carbocycles. The van der Waals surface area contributed by atoms with Gasteiger partial charge in [-0.05, 0) is 43.9 Å². The standard InChI is InChI=1S/C18H30N2O2/c1-12-4-3-5-16(13(12)2)19-17(21)14-8-10-20(11-9-14)18(22)15-6-7-15/h12-16H,3-11H2,1-2H3,(H,19,21). The first-order valence-corrected chi connectivity index (χ1v) is 9.15. The van der Waals surface area contributed by atoms with Gasteiger partial charge in [0.1, 0.15) is 0 Å². The Labute approximate surface area is 134 Å². The third kappa shape index (κ3) is 3.47. The molecule has 1 N–H and O–H groups in total. The second kappa shape index (κ2) is 6.59. The van der Waals surface area contributed by atoms with Crippen molar-refractivity contribution in [3.8, 4) is 0 Å². The first kappa shape index (κ1) is 15.8. The number of hydrogen-bond acceptors (Lipinski definition) is 2. The highest BCUT2D eigenvalue weighted by molar-refractivity contribution is 5.82. The van der Waals surface area contributed by atoms with E-state index in [0.29, 0.717) is 29.7 Å². The third-order valence-electron chi connectivity index (χ3n) is 6.14. The second-order valence-corrected chi connectivity index (χ2v) is 7.76. The first-order valence-electron chi connectivity index (χ1n) is 9.15. The highest BCUT2D eigenvalue weighted by Gasteiger charge is 2.36. The molecule has 22 heavy (non-hydrogen) atoms. The van der Waals surface area contributed by atoms with Gasteiger partial charge in [-0.3, -0.25) is 9.59 Å². The summed E-state index contributed by atoms with van der Waals surface area (Å²) in [6.07, 6.45) is 7.44. The van der Waals surface area contributed by atoms with Gasteiger partial charge in [0.05, 0.1) is 0 Å². The van der Waals surface area contributed by atoms with Gasteiger partial charge in [-0.1, -0.05) is 26.7 Å². The van der Waals surface area contributed by atoms with Crippen LogP contribution in [0.3, 0.4) is 0 Å². The SMILES string of the molecule is CC1CCCC(NC(=O)C2CCN(C(=O)C3CC3)CC2)C1C. The van der Waals surface area contributed by atoms with E-state index in [0.717, 1.165) is 45.2 Å². The molecule has 3 fully saturated rings. The topological polar surface area (TPSA) is 49.4 Å². The van der Waals surface area contributed by atoms with Crippen molar-refractivity contribution in [1.29, 1.82) is 0 Å². The van der Waals surface area contributed by atoms with Crippen LogP contribution in [0.15, 0.2) is 0 Å². The molecule has 0 aromatic heterocycles. The highest BCUT2D eigenvalue weighted by atomic mass is 16.2. The molecule has 3 rings (SSSR count). The minimum atomic E-state index is 0.104. The van der Waals surface area contributed by atoms with Crippen molar-refractivity contribution >= 4 is 11.8 Å². The number of nitrogens with zero attached hydrogens (tertiary/aromatic N) is 1. The highest BCUT2D eigenvalue weighted by Crippen LogP contribution is 2.33. The van der Waals surface area contributed by atoms with Crippen molar-refractivity contribution in [2.24, 2.45) is 23.7 Å². The van der Waals surface area contributed by atoms with Crippen LogP contribution in [0.25, 0.3) is 0 Å². The van der Waals surface area contributed by atoms with Crippen molar-refractivity contribution in [3.05, 3.63) is 0 Å². The normalized spacial score (nSPS) is 33.5. The van der Waals surface area contributed by atoms with Crippen molar-refractivity contribution < 1.29 is 9.59 Å². The second-order valence-electron chi connectivity index (χ2n) is 7.76. The third-order valence-corrected chi connectivity index (χ3v) is 6.14. The Morgan fingerprint density at radius 3 is 2.23 bits per heavy atom. The summed E-state index contributed by atoms with van der Waals surface area (Å²) in [5, 5.41) is 3.31. The van der Waals surface area contributed by atoms with E-state index in [1.54, 1.807) is 0 Å². The van der Waals surface area contributed by atoms with Crippen LogP contribution in [-0.2, 0) is 9.59 Å². The summed E-state index contributed by atoms with van der Waals surface area (Å²) in [5.74, 6) is 2.24. The number of hydrogen-bond donors (Lipinski definition) is 1. The summed E-state index contributed by atoms with van der Waals surface area (Å²) in [6, 6.07) is 0.349. The van der Waals surface area contributed by atoms with E-state index in [-0.39, 0.29) is 11.8 Å². The van der Waals surface area contributed by atoms with Crippen LogP contribution in [0, 0.1) is 23.7 Å². The van der Waals surface area contributed by atoms with Crippen LogP contribution >= 0.6 is 0 Å². The molecule has 4 nitrogen and oxygen atoms in total. The van der Waals surface area contributed by atoms with Gasteiger partial charge in [0, 0.05) is 31.0 Å². The number of amides is 2. The van der Waals surface area contributed by atoms with E-state index >= 15 is 0 Å². The van der Waals surface area contributed by atoms with Crippen LogP contribution in [0.4, 0.5) is 0 Å². The average molecular weight is 306 g/mol. The zero-order valence-corrected chi connectivity index (χ0v) is 14.0. The van der Waals surface area contributed by atoms with E-state index in [9.17, 15) is 9.59 Å². The molecule has 0 spiro atoms. The van der Waals surface area contributed by atoms with E-state index < -0.39 is 0 Å². The number of carbonyl (C=O) groups excluding carboxylic acids is 2. The maximum absolute atomic E-state index is 12.5. The van der Waals surface area contributed by atoms with E-state index in [1.807, 2.05) is 4.90 Å². The van der Waals surface area contributed by atoms with Crippen LogP contribution in [-0.4, -0.2) is 35.8 Å². The molecule has 124 valence electrons. The maximum atomic E-state index is 12.5. The minimum absolute atomic E-state index is 0.104. The summed E-state index contributed by atoms with van der Waals surface area (Å²) in [5.41, 5.74) is 0. The lowest BCUT2D eigenvalue weighted by molar-refractivity contribution is -0.137. The zero-order chi connectivity index (χ0) is 15.7. The van der Waals surface area contributed by atoms with Crippen molar-refractivity contribution in [3.63, 3.8) is 0 Å². The lowest BCUT2D eigenvalue weighted by atomic mass is 9.78. The summed E-state index contributed by atoms with van der Waals surface area (Å²) in [7, 11) is 0. The van der Waals surface area contributed by atoms with Crippen LogP contribution in [0.5, 0.6) is 0 Å². The van der Waals surface area contributed by atoms with Crippen LogP contribution in [0.2, 0.25) is 0 Å². The van der Waals surface area contributed by atoms with Crippen molar-refractivity contribution in [2.75, 3.05) is 13.1 Å². The quantitative estimate of drug-likeness (QED) is 0.871. The summed E-state index contributed by atoms with van der Waals surface area (Å²) < 4.78 is 0. The molecule has 4 heteroatoms. The fraction of sp³-hybridized carbons (Fsp3) is 0.889. The Balaban J connectivity index is 1.46. The van der Waals surface area contributed by atoms with E-state index in [2.05, 4.69) is 19.2 Å². The maximum Gasteiger partial charge on any atom is 0.225 e. The van der Waals surface area contributed by atoms with Gasteiger partial charge >= 0.3 is 0 Å². The summed E-state index contributed by atoms with van der Waals surface area (Å²) in [6.45, 7) is 6.10. The predicted molar refractivity (Wildman–Crippen MR) is 86.1 cm³/mol. The fourth-order valence-electron chi connectivity index (χ4n) is 4.04. The van der Waals surface area contributed by atoms with Gasteiger partial charge < -0.3 is 10.2 Å². The Morgan fingerprint density at radius 2 is 1.59 bits per heavy atom. The molecule has 0 aromatic carbocycles. The molecule has 0 radical (unpaired) electrons. The summed E-state index contributed by atoms with van der Waals surface area (Å²) in [4.78, 5) is 26.6. The first-order chi connectivity index (χ1) is 10.6. The fourth-order valence-corrected chi connectivity index (χ4v) is 4.04. The van der Waals surface area contributed by atoms with Crippen molar-refractivity contribution in [1.82, 2.24) is 10.2 Å². The molecule has 1 aliphatic heterocycles. The Kier molecular flexibility index (Phi) is 4.74. The van der Waals surface area contributed by atoms with Gasteiger partial charge in [0.15, 0.2) is 0 Å². The van der Waals surface area contributed by atoms with Crippen LogP contribution in [0.1, 0.15) is 58.8 Å². The Morgan fingerprint density at radius 1 is 0.909 bits per heavy atom. The molecular weight excluding hydrogens is 276 g/mol. The monoisotopic (exact) mass is 306 g/mol. The van der Waals surface area contributed by atoms with Crippen LogP contribution < -0.4 is 5.32 Å². The molecule has 3 unspecified atom stereocenters. The van der Waals surface area contributed by atoms with E-state index in [1.165, 1.54) is 12.8 Å². The molecule has 3 atom stereocenters. The number of carbonyl (C=O) groups is 2. The Bertz CT molecular complexity index is 425. The van der Waals surface area contributed by atoms with Crippen molar-refractivity contribution in [2.45, 2.75) is 64.8 Å². The Hall–Kier alpha value is -1.06. The lowest BCUT2D eigenvalue weighted by Gasteiger charge is -2.37. The number of rotatable bonds is 3. The number of piperidine rings is 1. The van der Waals surface area contributed by atoms with E-state index in [4.69, 9.17) is 0 Å². The zero-order valence-electron chi connectivity index (χ0n) is 14.0. The average Bonchev–Trinajstić information content (AvgIpc) is 3.36. The van der Waals surface area contributed by atoms with Gasteiger partial charge in [-0.25, -0.2) is 0 Å².